The summed E-state index contributed by atoms with van der Waals surface area (Å²) in [4.78, 5) is 28.2. The fourth-order valence-corrected chi connectivity index (χ4v) is 4.73. The molecule has 1 aliphatic heterocycles. The minimum atomic E-state index is -0.539. The Labute approximate surface area is 202 Å². The number of thioether (sulfide) groups is 1. The maximum absolute atomic E-state index is 15.0. The standard InChI is InChI=1S/C24H30FN5O3S/c1-15-19(26-7-6-21(15)32-5)14-34-22-27-17-12-16(25)20(13-18(17)28-22)29-8-10-30(11-9-29)23(31)33-24(2,3)4/h6-7,12-13H,8-11,14H2,1-5H3,(H,27,28). The van der Waals surface area contributed by atoms with Crippen LogP contribution in [0.2, 0.25) is 0 Å². The third-order valence-electron chi connectivity index (χ3n) is 5.63. The van der Waals surface area contributed by atoms with Gasteiger partial charge in [-0.05, 0) is 39.8 Å². The lowest BCUT2D eigenvalue weighted by atomic mass is 10.2. The number of rotatable bonds is 5. The highest BCUT2D eigenvalue weighted by atomic mass is 32.2. The van der Waals surface area contributed by atoms with Crippen LogP contribution in [0.1, 0.15) is 32.0 Å². The lowest BCUT2D eigenvalue weighted by Gasteiger charge is -2.36. The molecule has 3 heterocycles. The smallest absolute Gasteiger partial charge is 0.410 e. The number of H-pyrrole nitrogens is 1. The Morgan fingerprint density at radius 1 is 1.24 bits per heavy atom. The van der Waals surface area contributed by atoms with Crippen LogP contribution in [-0.4, -0.2) is 64.8 Å². The molecule has 34 heavy (non-hydrogen) atoms. The van der Waals surface area contributed by atoms with E-state index < -0.39 is 5.60 Å². The zero-order chi connectivity index (χ0) is 24.5. The molecule has 0 atom stereocenters. The van der Waals surface area contributed by atoms with Crippen molar-refractivity contribution >= 4 is 34.6 Å². The van der Waals surface area contributed by atoms with Crippen LogP contribution in [0.25, 0.3) is 11.0 Å². The van der Waals surface area contributed by atoms with Gasteiger partial charge in [-0.1, -0.05) is 11.8 Å². The van der Waals surface area contributed by atoms with Crippen LogP contribution in [0, 0.1) is 12.7 Å². The zero-order valence-corrected chi connectivity index (χ0v) is 21.0. The molecule has 1 N–H and O–H groups in total. The Balaban J connectivity index is 1.44. The van der Waals surface area contributed by atoms with Crippen molar-refractivity contribution in [2.45, 2.75) is 44.2 Å². The summed E-state index contributed by atoms with van der Waals surface area (Å²) in [7, 11) is 1.64. The number of piperazine rings is 1. The summed E-state index contributed by atoms with van der Waals surface area (Å²) in [5.41, 5.74) is 3.20. The normalized spacial score (nSPS) is 14.5. The average molecular weight is 488 g/mol. The highest BCUT2D eigenvalue weighted by molar-refractivity contribution is 7.98. The molecule has 1 aromatic carbocycles. The van der Waals surface area contributed by atoms with Gasteiger partial charge in [-0.15, -0.1) is 0 Å². The molecule has 0 saturated carbocycles. The third-order valence-corrected chi connectivity index (χ3v) is 6.51. The van der Waals surface area contributed by atoms with Gasteiger partial charge in [0, 0.05) is 49.8 Å². The molecular weight excluding hydrogens is 457 g/mol. The molecule has 3 aromatic rings. The third kappa shape index (κ3) is 5.38. The fourth-order valence-electron chi connectivity index (χ4n) is 3.83. The van der Waals surface area contributed by atoms with Crippen molar-refractivity contribution in [3.63, 3.8) is 0 Å². The number of nitrogens with zero attached hydrogens (tertiary/aromatic N) is 4. The Bertz CT molecular complexity index is 1190. The van der Waals surface area contributed by atoms with Crippen LogP contribution < -0.4 is 9.64 Å². The van der Waals surface area contributed by atoms with Crippen LogP contribution in [0.15, 0.2) is 29.6 Å². The summed E-state index contributed by atoms with van der Waals surface area (Å²) in [6.45, 7) is 9.50. The van der Waals surface area contributed by atoms with Crippen molar-refractivity contribution in [2.75, 3.05) is 38.2 Å². The number of hydrogen-bond donors (Lipinski definition) is 1. The summed E-state index contributed by atoms with van der Waals surface area (Å²) < 4.78 is 25.8. The molecule has 2 aromatic heterocycles. The maximum atomic E-state index is 15.0. The van der Waals surface area contributed by atoms with E-state index in [4.69, 9.17) is 9.47 Å². The second kappa shape index (κ2) is 9.69. The van der Waals surface area contributed by atoms with E-state index in [1.54, 1.807) is 24.3 Å². The van der Waals surface area contributed by atoms with Crippen molar-refractivity contribution in [1.29, 1.82) is 0 Å². The van der Waals surface area contributed by atoms with Gasteiger partial charge in [-0.25, -0.2) is 14.2 Å². The number of pyridine rings is 1. The van der Waals surface area contributed by atoms with Crippen LogP contribution in [-0.2, 0) is 10.5 Å². The molecule has 8 nitrogen and oxygen atoms in total. The van der Waals surface area contributed by atoms with Gasteiger partial charge in [-0.2, -0.15) is 0 Å². The molecule has 1 fully saturated rings. The number of imidazole rings is 1. The lowest BCUT2D eigenvalue weighted by Crippen LogP contribution is -2.50. The van der Waals surface area contributed by atoms with E-state index >= 15 is 0 Å². The molecule has 0 unspecified atom stereocenters. The molecule has 0 bridgehead atoms. The number of aromatic amines is 1. The lowest BCUT2D eigenvalue weighted by molar-refractivity contribution is 0.0240. The predicted octanol–water partition coefficient (Wildman–Crippen LogP) is 4.76. The van der Waals surface area contributed by atoms with Crippen molar-refractivity contribution < 1.29 is 18.7 Å². The minimum absolute atomic E-state index is 0.316. The summed E-state index contributed by atoms with van der Waals surface area (Å²) in [5, 5.41) is 0.699. The van der Waals surface area contributed by atoms with Crippen LogP contribution in [0.4, 0.5) is 14.9 Å². The van der Waals surface area contributed by atoms with Gasteiger partial charge < -0.3 is 24.3 Å². The quantitative estimate of drug-likeness (QED) is 0.519. The van der Waals surface area contributed by atoms with E-state index in [1.807, 2.05) is 38.7 Å². The van der Waals surface area contributed by atoms with Gasteiger partial charge in [0.2, 0.25) is 0 Å². The molecule has 1 amide bonds. The number of ether oxygens (including phenoxy) is 2. The molecule has 10 heteroatoms. The van der Waals surface area contributed by atoms with E-state index in [2.05, 4.69) is 15.0 Å². The van der Waals surface area contributed by atoms with Gasteiger partial charge in [0.1, 0.15) is 17.2 Å². The van der Waals surface area contributed by atoms with Crippen LogP contribution in [0.5, 0.6) is 5.75 Å². The van der Waals surface area contributed by atoms with E-state index in [9.17, 15) is 9.18 Å². The SMILES string of the molecule is COc1ccnc(CSc2nc3cc(N4CCN(C(=O)OC(C)(C)C)CC4)c(F)cc3[nH]2)c1C. The number of benzene rings is 1. The van der Waals surface area contributed by atoms with Gasteiger partial charge in [0.05, 0.1) is 29.5 Å². The summed E-state index contributed by atoms with van der Waals surface area (Å²) in [5.74, 6) is 1.10. The second-order valence-corrected chi connectivity index (χ2v) is 10.2. The number of aromatic nitrogens is 3. The molecule has 0 spiro atoms. The first kappa shape index (κ1) is 24.1. The summed E-state index contributed by atoms with van der Waals surface area (Å²) >= 11 is 1.51. The Kier molecular flexibility index (Phi) is 6.88. The van der Waals surface area contributed by atoms with Crippen LogP contribution >= 0.6 is 11.8 Å². The van der Waals surface area contributed by atoms with Gasteiger partial charge >= 0.3 is 6.09 Å². The average Bonchev–Trinajstić information content (AvgIpc) is 3.18. The van der Waals surface area contributed by atoms with Crippen molar-refractivity contribution in [3.8, 4) is 5.75 Å². The Hall–Kier alpha value is -3.01. The number of carbonyl (C=O) groups excluding carboxylic acids is 1. The number of amides is 1. The predicted molar refractivity (Wildman–Crippen MR) is 131 cm³/mol. The van der Waals surface area contributed by atoms with Crippen molar-refractivity contribution in [3.05, 3.63) is 41.5 Å². The maximum Gasteiger partial charge on any atom is 0.410 e. The van der Waals surface area contributed by atoms with Gasteiger partial charge in [0.25, 0.3) is 0 Å². The Morgan fingerprint density at radius 3 is 2.65 bits per heavy atom. The number of hydrogen-bond acceptors (Lipinski definition) is 7. The first-order chi connectivity index (χ1) is 16.1. The fraction of sp³-hybridized carbons (Fsp3) is 0.458. The highest BCUT2D eigenvalue weighted by Crippen LogP contribution is 2.30. The first-order valence-corrected chi connectivity index (χ1v) is 12.2. The van der Waals surface area contributed by atoms with Gasteiger partial charge in [0.15, 0.2) is 5.16 Å². The minimum Gasteiger partial charge on any atom is -0.496 e. The number of carbonyl (C=O) groups is 1. The number of methoxy groups -OCH3 is 1. The molecule has 1 aliphatic rings. The van der Waals surface area contributed by atoms with E-state index in [0.29, 0.717) is 53.8 Å². The summed E-state index contributed by atoms with van der Waals surface area (Å²) in [6, 6.07) is 5.09. The zero-order valence-electron chi connectivity index (χ0n) is 20.1. The molecule has 0 aliphatic carbocycles. The Morgan fingerprint density at radius 2 is 1.97 bits per heavy atom. The number of nitrogens with one attached hydrogen (secondary N) is 1. The molecule has 1 saturated heterocycles. The highest BCUT2D eigenvalue weighted by Gasteiger charge is 2.27. The van der Waals surface area contributed by atoms with E-state index in [-0.39, 0.29) is 11.9 Å². The molecule has 182 valence electrons. The topological polar surface area (TPSA) is 83.6 Å². The number of halogens is 1. The summed E-state index contributed by atoms with van der Waals surface area (Å²) in [6.07, 6.45) is 1.39. The molecule has 0 radical (unpaired) electrons. The van der Waals surface area contributed by atoms with Crippen LogP contribution in [0.3, 0.4) is 0 Å². The van der Waals surface area contributed by atoms with Crippen molar-refractivity contribution in [2.24, 2.45) is 0 Å². The van der Waals surface area contributed by atoms with E-state index in [0.717, 1.165) is 17.0 Å². The number of fused-ring (bicyclic) bond motifs is 1. The van der Waals surface area contributed by atoms with E-state index in [1.165, 1.54) is 17.8 Å². The molecular formula is C24H30FN5O3S. The number of anilines is 1. The molecule has 4 rings (SSSR count). The van der Waals surface area contributed by atoms with Gasteiger partial charge in [-0.3, -0.25) is 4.98 Å². The first-order valence-electron chi connectivity index (χ1n) is 11.2. The second-order valence-electron chi connectivity index (χ2n) is 9.19. The largest absolute Gasteiger partial charge is 0.496 e. The monoisotopic (exact) mass is 487 g/mol. The van der Waals surface area contributed by atoms with Crippen molar-refractivity contribution in [1.82, 2.24) is 19.9 Å².